The largest absolute Gasteiger partial charge is 0.497 e. The minimum absolute atomic E-state index is 0.0280. The predicted molar refractivity (Wildman–Crippen MR) is 148 cm³/mol. The zero-order chi connectivity index (χ0) is 30.1. The van der Waals surface area contributed by atoms with Crippen LogP contribution in [-0.4, -0.2) is 57.1 Å². The van der Waals surface area contributed by atoms with E-state index in [1.165, 1.54) is 18.1 Å². The lowest BCUT2D eigenvalue weighted by Gasteiger charge is -2.32. The van der Waals surface area contributed by atoms with Gasteiger partial charge in [-0.3, -0.25) is 13.9 Å². The smallest absolute Gasteiger partial charge is 0.416 e. The van der Waals surface area contributed by atoms with Gasteiger partial charge in [0.1, 0.15) is 11.8 Å². The molecule has 12 heteroatoms. The Bertz CT molecular complexity index is 1250. The average molecular weight is 586 g/mol. The van der Waals surface area contributed by atoms with Crippen molar-refractivity contribution in [2.45, 2.75) is 71.3 Å². The lowest BCUT2D eigenvalue weighted by molar-refractivity contribution is -0.141. The molecule has 1 N–H and O–H groups in total. The molecular weight excluding hydrogens is 547 g/mol. The maximum absolute atomic E-state index is 13.5. The highest BCUT2D eigenvalue weighted by Crippen LogP contribution is 2.32. The fraction of sp³-hybridized carbons (Fsp3) is 0.500. The molecule has 0 heterocycles. The number of ether oxygens (including phenoxy) is 1. The highest BCUT2D eigenvalue weighted by Gasteiger charge is 2.32. The Hall–Kier alpha value is -3.28. The van der Waals surface area contributed by atoms with Crippen LogP contribution in [0.4, 0.5) is 18.9 Å². The van der Waals surface area contributed by atoms with Crippen LogP contribution < -0.4 is 14.4 Å². The topological polar surface area (TPSA) is 96.0 Å². The predicted octanol–water partition coefficient (Wildman–Crippen LogP) is 4.98. The third-order valence-corrected chi connectivity index (χ3v) is 7.68. The molecule has 0 spiro atoms. The van der Waals surface area contributed by atoms with Crippen molar-refractivity contribution in [3.05, 3.63) is 59.7 Å². The highest BCUT2D eigenvalue weighted by molar-refractivity contribution is 7.92. The van der Waals surface area contributed by atoms with Crippen LogP contribution in [0.3, 0.4) is 0 Å². The second-order valence-corrected chi connectivity index (χ2v) is 11.5. The van der Waals surface area contributed by atoms with Gasteiger partial charge in [-0.1, -0.05) is 32.0 Å². The van der Waals surface area contributed by atoms with Crippen molar-refractivity contribution in [3.8, 4) is 5.75 Å². The van der Waals surface area contributed by atoms with Gasteiger partial charge in [-0.05, 0) is 62.1 Å². The summed E-state index contributed by atoms with van der Waals surface area (Å²) in [6.07, 6.45) is -2.78. The van der Waals surface area contributed by atoms with Gasteiger partial charge in [0.15, 0.2) is 0 Å². The summed E-state index contributed by atoms with van der Waals surface area (Å²) in [4.78, 5) is 28.1. The molecule has 0 bridgehead atoms. The Morgan fingerprint density at radius 3 is 2.30 bits per heavy atom. The standard InChI is InChI=1S/C28H38F3N3O5S/c1-6-20(3)32-27(36)25(7-2)33(19-21-11-8-14-24(17-21)39-4)26(35)15-10-16-34(40(5,37)38)23-13-9-12-22(18-23)28(29,30)31/h8-9,11-14,17-18,20,25H,6-7,10,15-16,19H2,1-5H3,(H,32,36)/t20-,25-/m1/s1. The number of hydrogen-bond acceptors (Lipinski definition) is 5. The van der Waals surface area contributed by atoms with Crippen molar-refractivity contribution in [1.82, 2.24) is 10.2 Å². The van der Waals surface area contributed by atoms with Crippen LogP contribution in [0.1, 0.15) is 57.6 Å². The van der Waals surface area contributed by atoms with Crippen LogP contribution in [-0.2, 0) is 32.3 Å². The lowest BCUT2D eigenvalue weighted by atomic mass is 10.1. The number of sulfonamides is 1. The van der Waals surface area contributed by atoms with Crippen LogP contribution in [0.15, 0.2) is 48.5 Å². The monoisotopic (exact) mass is 585 g/mol. The molecule has 0 aliphatic heterocycles. The Morgan fingerprint density at radius 1 is 1.05 bits per heavy atom. The number of carbonyl (C=O) groups is 2. The number of alkyl halides is 3. The molecule has 40 heavy (non-hydrogen) atoms. The third kappa shape index (κ3) is 9.42. The molecule has 0 saturated heterocycles. The van der Waals surface area contributed by atoms with Crippen molar-refractivity contribution in [1.29, 1.82) is 0 Å². The number of benzene rings is 2. The molecule has 0 aromatic heterocycles. The molecule has 2 atom stereocenters. The number of hydrogen-bond donors (Lipinski definition) is 1. The van der Waals surface area contributed by atoms with E-state index in [2.05, 4.69) is 5.32 Å². The molecule has 0 saturated carbocycles. The summed E-state index contributed by atoms with van der Waals surface area (Å²) >= 11 is 0. The lowest BCUT2D eigenvalue weighted by Crippen LogP contribution is -2.50. The van der Waals surface area contributed by atoms with Crippen molar-refractivity contribution in [2.24, 2.45) is 0 Å². The van der Waals surface area contributed by atoms with Crippen LogP contribution >= 0.6 is 0 Å². The first-order valence-corrected chi connectivity index (χ1v) is 14.9. The molecule has 8 nitrogen and oxygen atoms in total. The van der Waals surface area contributed by atoms with Crippen LogP contribution in [0.2, 0.25) is 0 Å². The van der Waals surface area contributed by atoms with Crippen molar-refractivity contribution >= 4 is 27.5 Å². The van der Waals surface area contributed by atoms with Gasteiger partial charge in [0.2, 0.25) is 21.8 Å². The zero-order valence-electron chi connectivity index (χ0n) is 23.5. The van der Waals surface area contributed by atoms with Gasteiger partial charge in [-0.25, -0.2) is 8.42 Å². The first kappa shape index (κ1) is 32.9. The Morgan fingerprint density at radius 2 is 1.73 bits per heavy atom. The number of carbonyl (C=O) groups excluding carboxylic acids is 2. The molecule has 222 valence electrons. The van der Waals surface area contributed by atoms with E-state index in [1.807, 2.05) is 13.8 Å². The van der Waals surface area contributed by atoms with Crippen LogP contribution in [0, 0.1) is 0 Å². The van der Waals surface area contributed by atoms with E-state index in [0.29, 0.717) is 18.6 Å². The maximum Gasteiger partial charge on any atom is 0.416 e. The SMILES string of the molecule is CC[C@@H](C)NC(=O)[C@@H](CC)N(Cc1cccc(OC)c1)C(=O)CCCN(c1cccc(C(F)(F)F)c1)S(C)(=O)=O. The zero-order valence-corrected chi connectivity index (χ0v) is 24.3. The summed E-state index contributed by atoms with van der Waals surface area (Å²) in [7, 11) is -2.42. The molecule has 0 fully saturated rings. The summed E-state index contributed by atoms with van der Waals surface area (Å²) in [5.41, 5.74) is -0.376. The van der Waals surface area contributed by atoms with E-state index >= 15 is 0 Å². The van der Waals surface area contributed by atoms with Gasteiger partial charge in [0.05, 0.1) is 24.6 Å². The number of halogens is 3. The molecular formula is C28H38F3N3O5S. The summed E-state index contributed by atoms with van der Waals surface area (Å²) in [5, 5.41) is 2.92. The Labute approximate surface area is 234 Å². The number of nitrogens with zero attached hydrogens (tertiary/aromatic N) is 2. The summed E-state index contributed by atoms with van der Waals surface area (Å²) in [6, 6.07) is 10.3. The normalized spacial score (nSPS) is 13.3. The van der Waals surface area contributed by atoms with E-state index in [1.54, 1.807) is 31.2 Å². The number of methoxy groups -OCH3 is 1. The second kappa shape index (κ2) is 14.4. The first-order valence-electron chi connectivity index (χ1n) is 13.1. The van der Waals surface area contributed by atoms with Crippen molar-refractivity contribution in [2.75, 3.05) is 24.2 Å². The second-order valence-electron chi connectivity index (χ2n) is 9.60. The quantitative estimate of drug-likeness (QED) is 0.337. The molecule has 2 aromatic rings. The highest BCUT2D eigenvalue weighted by atomic mass is 32.2. The van der Waals surface area contributed by atoms with E-state index < -0.39 is 27.8 Å². The number of nitrogens with one attached hydrogen (secondary N) is 1. The van der Waals surface area contributed by atoms with E-state index in [9.17, 15) is 31.2 Å². The van der Waals surface area contributed by atoms with Crippen LogP contribution in [0.5, 0.6) is 5.75 Å². The summed E-state index contributed by atoms with van der Waals surface area (Å²) in [6.45, 7) is 5.50. The first-order chi connectivity index (χ1) is 18.7. The summed E-state index contributed by atoms with van der Waals surface area (Å²) < 4.78 is 70.7. The Balaban J connectivity index is 2.29. The van der Waals surface area contributed by atoms with E-state index in [4.69, 9.17) is 4.74 Å². The minimum atomic E-state index is -4.64. The van der Waals surface area contributed by atoms with Gasteiger partial charge < -0.3 is 15.0 Å². The minimum Gasteiger partial charge on any atom is -0.497 e. The van der Waals surface area contributed by atoms with Gasteiger partial charge in [-0.15, -0.1) is 0 Å². The van der Waals surface area contributed by atoms with Gasteiger partial charge in [0, 0.05) is 25.6 Å². The molecule has 0 aliphatic carbocycles. The van der Waals surface area contributed by atoms with E-state index in [0.717, 1.165) is 34.3 Å². The van der Waals surface area contributed by atoms with E-state index in [-0.39, 0.29) is 49.5 Å². The molecule has 2 amide bonds. The summed E-state index contributed by atoms with van der Waals surface area (Å²) in [5.74, 6) is -0.0897. The molecule has 0 radical (unpaired) electrons. The Kier molecular flexibility index (Phi) is 11.8. The molecule has 2 aromatic carbocycles. The number of amides is 2. The molecule has 0 unspecified atom stereocenters. The average Bonchev–Trinajstić information content (AvgIpc) is 2.89. The van der Waals surface area contributed by atoms with Gasteiger partial charge in [-0.2, -0.15) is 13.2 Å². The van der Waals surface area contributed by atoms with Gasteiger partial charge >= 0.3 is 6.18 Å². The third-order valence-electron chi connectivity index (χ3n) is 6.49. The fourth-order valence-electron chi connectivity index (χ4n) is 4.17. The fourth-order valence-corrected chi connectivity index (χ4v) is 5.13. The van der Waals surface area contributed by atoms with Crippen molar-refractivity contribution < 1.29 is 35.9 Å². The molecule has 2 rings (SSSR count). The van der Waals surface area contributed by atoms with Gasteiger partial charge in [0.25, 0.3) is 0 Å². The van der Waals surface area contributed by atoms with Crippen LogP contribution in [0.25, 0.3) is 0 Å². The number of anilines is 1. The van der Waals surface area contributed by atoms with Crippen molar-refractivity contribution in [3.63, 3.8) is 0 Å². The molecule has 0 aliphatic rings. The maximum atomic E-state index is 13.5. The number of rotatable bonds is 14.